The largest absolute Gasteiger partial charge is 0.416 e. The molecule has 0 aliphatic heterocycles. The minimum atomic E-state index is -4.28. The average Bonchev–Trinajstić information content (AvgIpc) is 2.35. The van der Waals surface area contributed by atoms with Crippen LogP contribution in [-0.2, 0) is 17.3 Å². The molecule has 0 spiro atoms. The Morgan fingerprint density at radius 1 is 1.16 bits per heavy atom. The molecule has 0 saturated heterocycles. The highest BCUT2D eigenvalue weighted by Crippen LogP contribution is 2.29. The highest BCUT2D eigenvalue weighted by Gasteiger charge is 2.29. The van der Waals surface area contributed by atoms with E-state index in [1.54, 1.807) is 7.11 Å². The zero-order valence-electron chi connectivity index (χ0n) is 11.2. The van der Waals surface area contributed by atoms with E-state index in [2.05, 4.69) is 0 Å². The first-order chi connectivity index (χ1) is 8.82. The molecule has 1 rings (SSSR count). The van der Waals surface area contributed by atoms with Gasteiger partial charge < -0.3 is 10.5 Å². The molecule has 0 saturated carbocycles. The molecule has 0 heterocycles. The summed E-state index contributed by atoms with van der Waals surface area (Å²) in [6, 6.07) is 5.11. The van der Waals surface area contributed by atoms with Gasteiger partial charge in [-0.05, 0) is 43.9 Å². The van der Waals surface area contributed by atoms with Gasteiger partial charge >= 0.3 is 6.18 Å². The summed E-state index contributed by atoms with van der Waals surface area (Å²) in [4.78, 5) is 0. The Morgan fingerprint density at radius 2 is 1.74 bits per heavy atom. The maximum absolute atomic E-state index is 12.4. The third-order valence-corrected chi connectivity index (χ3v) is 3.13. The van der Waals surface area contributed by atoms with Crippen molar-refractivity contribution in [2.45, 2.75) is 44.5 Å². The second-order valence-electron chi connectivity index (χ2n) is 4.78. The molecule has 0 radical (unpaired) electrons. The van der Waals surface area contributed by atoms with Gasteiger partial charge in [0.15, 0.2) is 0 Å². The molecule has 0 amide bonds. The van der Waals surface area contributed by atoms with Crippen LogP contribution in [0, 0.1) is 0 Å². The fourth-order valence-electron chi connectivity index (χ4n) is 1.80. The lowest BCUT2D eigenvalue weighted by Crippen LogP contribution is -2.24. The van der Waals surface area contributed by atoms with Crippen molar-refractivity contribution in [3.63, 3.8) is 0 Å². The van der Waals surface area contributed by atoms with Crippen molar-refractivity contribution in [3.8, 4) is 0 Å². The molecule has 0 bridgehead atoms. The van der Waals surface area contributed by atoms with E-state index in [-0.39, 0.29) is 12.1 Å². The van der Waals surface area contributed by atoms with Crippen LogP contribution in [-0.4, -0.2) is 19.3 Å². The fraction of sp³-hybridized carbons (Fsp3) is 0.571. The highest BCUT2D eigenvalue weighted by atomic mass is 19.4. The summed E-state index contributed by atoms with van der Waals surface area (Å²) >= 11 is 0. The van der Waals surface area contributed by atoms with E-state index in [1.807, 2.05) is 6.92 Å². The number of ether oxygens (including phenoxy) is 1. The normalized spacial score (nSPS) is 15.3. The lowest BCUT2D eigenvalue weighted by atomic mass is 10.0. The van der Waals surface area contributed by atoms with E-state index in [0.717, 1.165) is 30.5 Å². The number of hydrogen-bond acceptors (Lipinski definition) is 2. The van der Waals surface area contributed by atoms with Crippen molar-refractivity contribution in [2.75, 3.05) is 7.11 Å². The molecule has 0 aromatic heterocycles. The summed E-state index contributed by atoms with van der Waals surface area (Å²) in [5.41, 5.74) is 6.15. The second-order valence-corrected chi connectivity index (χ2v) is 4.78. The zero-order valence-corrected chi connectivity index (χ0v) is 11.2. The summed E-state index contributed by atoms with van der Waals surface area (Å²) in [5.74, 6) is 0. The van der Waals surface area contributed by atoms with Gasteiger partial charge in [-0.2, -0.15) is 13.2 Å². The molecule has 1 aromatic carbocycles. The van der Waals surface area contributed by atoms with Crippen LogP contribution in [0.15, 0.2) is 24.3 Å². The quantitative estimate of drug-likeness (QED) is 0.863. The van der Waals surface area contributed by atoms with Crippen LogP contribution in [0.1, 0.15) is 30.9 Å². The summed E-state index contributed by atoms with van der Waals surface area (Å²) in [6.07, 6.45) is -1.92. The van der Waals surface area contributed by atoms with E-state index in [4.69, 9.17) is 10.5 Å². The lowest BCUT2D eigenvalue weighted by Gasteiger charge is -2.15. The number of rotatable bonds is 6. The molecule has 2 atom stereocenters. The summed E-state index contributed by atoms with van der Waals surface area (Å²) in [5, 5.41) is 0. The summed E-state index contributed by atoms with van der Waals surface area (Å²) in [6.45, 7) is 1.96. The molecule has 5 heteroatoms. The number of halogens is 3. The van der Waals surface area contributed by atoms with Crippen LogP contribution < -0.4 is 5.73 Å². The summed E-state index contributed by atoms with van der Waals surface area (Å²) < 4.78 is 42.3. The van der Waals surface area contributed by atoms with Crippen LogP contribution in [0.25, 0.3) is 0 Å². The van der Waals surface area contributed by atoms with E-state index >= 15 is 0 Å². The van der Waals surface area contributed by atoms with Crippen molar-refractivity contribution in [1.29, 1.82) is 0 Å². The van der Waals surface area contributed by atoms with Gasteiger partial charge in [-0.25, -0.2) is 0 Å². The molecule has 2 unspecified atom stereocenters. The standard InChI is InChI=1S/C14H20F3NO/c1-10(19-2)3-8-13(18)9-11-4-6-12(7-5-11)14(15,16)17/h4-7,10,13H,3,8-9,18H2,1-2H3. The minimum absolute atomic E-state index is 0.0608. The number of methoxy groups -OCH3 is 1. The van der Waals surface area contributed by atoms with Gasteiger partial charge in [0.2, 0.25) is 0 Å². The first-order valence-corrected chi connectivity index (χ1v) is 6.27. The zero-order chi connectivity index (χ0) is 14.5. The average molecular weight is 275 g/mol. The van der Waals surface area contributed by atoms with Crippen LogP contribution in [0.5, 0.6) is 0 Å². The lowest BCUT2D eigenvalue weighted by molar-refractivity contribution is -0.137. The molecule has 1 aromatic rings. The molecular formula is C14H20F3NO. The SMILES string of the molecule is COC(C)CCC(N)Cc1ccc(C(F)(F)F)cc1. The maximum Gasteiger partial charge on any atom is 0.416 e. The molecule has 0 fully saturated rings. The second kappa shape index (κ2) is 6.91. The molecule has 2 N–H and O–H groups in total. The van der Waals surface area contributed by atoms with E-state index in [0.29, 0.717) is 6.42 Å². The number of benzene rings is 1. The highest BCUT2D eigenvalue weighted by molar-refractivity contribution is 5.25. The number of nitrogens with two attached hydrogens (primary N) is 1. The van der Waals surface area contributed by atoms with Gasteiger partial charge in [0, 0.05) is 13.2 Å². The van der Waals surface area contributed by atoms with Gasteiger partial charge in [0.1, 0.15) is 0 Å². The smallest absolute Gasteiger partial charge is 0.382 e. The third kappa shape index (κ3) is 5.61. The predicted molar refractivity (Wildman–Crippen MR) is 68.8 cm³/mol. The Kier molecular flexibility index (Phi) is 5.82. The van der Waals surface area contributed by atoms with E-state index in [1.165, 1.54) is 12.1 Å². The maximum atomic E-state index is 12.4. The van der Waals surface area contributed by atoms with Crippen LogP contribution in [0.3, 0.4) is 0 Å². The Bertz CT molecular complexity index is 375. The topological polar surface area (TPSA) is 35.2 Å². The van der Waals surface area contributed by atoms with Crippen molar-refractivity contribution in [3.05, 3.63) is 35.4 Å². The Labute approximate surface area is 111 Å². The number of hydrogen-bond donors (Lipinski definition) is 1. The molecular weight excluding hydrogens is 255 g/mol. The molecule has 0 aliphatic carbocycles. The Hall–Kier alpha value is -1.07. The van der Waals surface area contributed by atoms with Crippen LogP contribution >= 0.6 is 0 Å². The first-order valence-electron chi connectivity index (χ1n) is 6.27. The number of alkyl halides is 3. The molecule has 19 heavy (non-hydrogen) atoms. The Morgan fingerprint density at radius 3 is 2.21 bits per heavy atom. The van der Waals surface area contributed by atoms with E-state index in [9.17, 15) is 13.2 Å². The minimum Gasteiger partial charge on any atom is -0.382 e. The fourth-order valence-corrected chi connectivity index (χ4v) is 1.80. The molecule has 0 aliphatic rings. The van der Waals surface area contributed by atoms with Gasteiger partial charge in [-0.15, -0.1) is 0 Å². The monoisotopic (exact) mass is 275 g/mol. The van der Waals surface area contributed by atoms with E-state index < -0.39 is 11.7 Å². The van der Waals surface area contributed by atoms with Gasteiger partial charge in [0.05, 0.1) is 11.7 Å². The van der Waals surface area contributed by atoms with Crippen molar-refractivity contribution < 1.29 is 17.9 Å². The summed E-state index contributed by atoms with van der Waals surface area (Å²) in [7, 11) is 1.64. The Balaban J connectivity index is 2.49. The van der Waals surface area contributed by atoms with Crippen LogP contribution in [0.2, 0.25) is 0 Å². The molecule has 2 nitrogen and oxygen atoms in total. The van der Waals surface area contributed by atoms with Crippen LogP contribution in [0.4, 0.5) is 13.2 Å². The first kappa shape index (κ1) is 16.0. The van der Waals surface area contributed by atoms with Crippen molar-refractivity contribution >= 4 is 0 Å². The van der Waals surface area contributed by atoms with Gasteiger partial charge in [-0.1, -0.05) is 12.1 Å². The third-order valence-electron chi connectivity index (χ3n) is 3.13. The van der Waals surface area contributed by atoms with Crippen molar-refractivity contribution in [1.82, 2.24) is 0 Å². The van der Waals surface area contributed by atoms with Crippen molar-refractivity contribution in [2.24, 2.45) is 5.73 Å². The molecule has 108 valence electrons. The van der Waals surface area contributed by atoms with Gasteiger partial charge in [-0.3, -0.25) is 0 Å². The predicted octanol–water partition coefficient (Wildman–Crippen LogP) is 3.39. The van der Waals surface area contributed by atoms with Gasteiger partial charge in [0.25, 0.3) is 0 Å².